The quantitative estimate of drug-likeness (QED) is 0.280. The molecule has 0 spiro atoms. The van der Waals surface area contributed by atoms with Gasteiger partial charge >= 0.3 is 0 Å². The first-order valence-electron chi connectivity index (χ1n) is 11.1. The van der Waals surface area contributed by atoms with Crippen molar-refractivity contribution in [2.45, 2.75) is 58.7 Å². The van der Waals surface area contributed by atoms with Crippen LogP contribution >= 0.6 is 24.0 Å². The van der Waals surface area contributed by atoms with E-state index < -0.39 is 0 Å². The number of methoxy groups -OCH3 is 2. The molecule has 0 aliphatic carbocycles. The van der Waals surface area contributed by atoms with Gasteiger partial charge in [-0.1, -0.05) is 0 Å². The average molecular weight is 548 g/mol. The van der Waals surface area contributed by atoms with Crippen molar-refractivity contribution in [2.24, 2.45) is 4.99 Å². The Hall–Kier alpha value is -1.42. The van der Waals surface area contributed by atoms with Gasteiger partial charge in [0.05, 0.1) is 14.2 Å². The number of guanidine groups is 1. The van der Waals surface area contributed by atoms with Gasteiger partial charge in [0.1, 0.15) is 11.5 Å². The molecule has 0 bridgehead atoms. The predicted molar refractivity (Wildman–Crippen MR) is 142 cm³/mol. The Kier molecular flexibility index (Phi) is 12.4. The highest BCUT2D eigenvalue weighted by Gasteiger charge is 2.21. The summed E-state index contributed by atoms with van der Waals surface area (Å²) in [5.41, 5.74) is 1.15. The third-order valence-electron chi connectivity index (χ3n) is 5.75. The number of anilines is 1. The molecule has 0 amide bonds. The molecular formula is C23H42IN5O2. The van der Waals surface area contributed by atoms with Crippen molar-refractivity contribution < 1.29 is 9.47 Å². The van der Waals surface area contributed by atoms with Crippen LogP contribution in [-0.2, 0) is 0 Å². The zero-order chi connectivity index (χ0) is 22.1. The second-order valence-electron chi connectivity index (χ2n) is 8.40. The van der Waals surface area contributed by atoms with Gasteiger partial charge in [-0.2, -0.15) is 0 Å². The monoisotopic (exact) mass is 547 g/mol. The first kappa shape index (κ1) is 27.6. The van der Waals surface area contributed by atoms with Gasteiger partial charge in [-0.25, -0.2) is 0 Å². The molecule has 8 heteroatoms. The topological polar surface area (TPSA) is 61.4 Å². The maximum Gasteiger partial charge on any atom is 0.191 e. The molecule has 0 unspecified atom stereocenters. The lowest BCUT2D eigenvalue weighted by molar-refractivity contribution is 0.178. The fourth-order valence-electron chi connectivity index (χ4n) is 4.06. The largest absolute Gasteiger partial charge is 0.497 e. The number of hydrogen-bond donors (Lipinski definition) is 2. The summed E-state index contributed by atoms with van der Waals surface area (Å²) in [6, 6.07) is 7.57. The first-order chi connectivity index (χ1) is 14.4. The molecule has 178 valence electrons. The Labute approximate surface area is 206 Å². The van der Waals surface area contributed by atoms with E-state index in [2.05, 4.69) is 65.3 Å². The standard InChI is InChI=1S/C23H41N5O2.HI/c1-17(2)28(18(3)4)13-10-25-23(24-5)26-19-8-11-27(12-9-19)20-14-21(29-6)16-22(15-20)30-7;/h14-19H,8-13H2,1-7H3,(H2,24,25,26);1H. The minimum absolute atomic E-state index is 0. The highest BCUT2D eigenvalue weighted by atomic mass is 127. The molecule has 1 aromatic carbocycles. The van der Waals surface area contributed by atoms with Crippen LogP contribution in [0.4, 0.5) is 5.69 Å². The Bertz CT molecular complexity index is 646. The molecule has 0 saturated carbocycles. The molecule has 0 aromatic heterocycles. The summed E-state index contributed by atoms with van der Waals surface area (Å²) in [5, 5.41) is 7.08. The molecule has 0 atom stereocenters. The van der Waals surface area contributed by atoms with E-state index in [9.17, 15) is 0 Å². The lowest BCUT2D eigenvalue weighted by Gasteiger charge is -2.35. The number of halogens is 1. The van der Waals surface area contributed by atoms with Crippen LogP contribution < -0.4 is 25.0 Å². The van der Waals surface area contributed by atoms with E-state index in [0.717, 1.165) is 62.2 Å². The zero-order valence-corrected chi connectivity index (χ0v) is 22.6. The van der Waals surface area contributed by atoms with Gasteiger partial charge in [0.25, 0.3) is 0 Å². The van der Waals surface area contributed by atoms with Crippen molar-refractivity contribution in [2.75, 3.05) is 52.3 Å². The lowest BCUT2D eigenvalue weighted by Crippen LogP contribution is -2.50. The minimum Gasteiger partial charge on any atom is -0.497 e. The van der Waals surface area contributed by atoms with Crippen LogP contribution in [0.1, 0.15) is 40.5 Å². The van der Waals surface area contributed by atoms with Gasteiger partial charge in [0.2, 0.25) is 0 Å². The maximum atomic E-state index is 5.41. The zero-order valence-electron chi connectivity index (χ0n) is 20.3. The number of benzene rings is 1. The predicted octanol–water partition coefficient (Wildman–Crippen LogP) is 3.57. The maximum absolute atomic E-state index is 5.41. The van der Waals surface area contributed by atoms with Gasteiger partial charge in [0, 0.05) is 75.2 Å². The Balaban J connectivity index is 0.00000480. The van der Waals surface area contributed by atoms with E-state index in [1.807, 2.05) is 13.1 Å². The second-order valence-corrected chi connectivity index (χ2v) is 8.40. The Morgan fingerprint density at radius 2 is 1.61 bits per heavy atom. The minimum atomic E-state index is 0. The van der Waals surface area contributed by atoms with Gasteiger partial charge in [0.15, 0.2) is 5.96 Å². The summed E-state index contributed by atoms with van der Waals surface area (Å²) in [7, 11) is 5.22. The summed E-state index contributed by atoms with van der Waals surface area (Å²) in [6.07, 6.45) is 2.12. The summed E-state index contributed by atoms with van der Waals surface area (Å²) in [4.78, 5) is 9.30. The number of ether oxygens (including phenoxy) is 2. The summed E-state index contributed by atoms with van der Waals surface area (Å²) < 4.78 is 10.8. The van der Waals surface area contributed by atoms with Crippen molar-refractivity contribution in [3.05, 3.63) is 18.2 Å². The van der Waals surface area contributed by atoms with E-state index in [-0.39, 0.29) is 24.0 Å². The fraction of sp³-hybridized carbons (Fsp3) is 0.696. The second kappa shape index (κ2) is 13.9. The molecule has 0 radical (unpaired) electrons. The van der Waals surface area contributed by atoms with Crippen LogP contribution in [-0.4, -0.2) is 76.4 Å². The van der Waals surface area contributed by atoms with E-state index >= 15 is 0 Å². The van der Waals surface area contributed by atoms with Crippen LogP contribution in [0.5, 0.6) is 11.5 Å². The molecule has 2 N–H and O–H groups in total. The van der Waals surface area contributed by atoms with E-state index in [1.54, 1.807) is 14.2 Å². The van der Waals surface area contributed by atoms with Gasteiger partial charge in [-0.3, -0.25) is 9.89 Å². The summed E-state index contributed by atoms with van der Waals surface area (Å²) in [5.74, 6) is 2.54. The van der Waals surface area contributed by atoms with E-state index in [4.69, 9.17) is 9.47 Å². The number of aliphatic imine (C=N–C) groups is 1. The molecular weight excluding hydrogens is 505 g/mol. The average Bonchev–Trinajstić information content (AvgIpc) is 2.75. The SMILES string of the molecule is CN=C(NCCN(C(C)C)C(C)C)NC1CCN(c2cc(OC)cc(OC)c2)CC1.I. The molecule has 31 heavy (non-hydrogen) atoms. The van der Waals surface area contributed by atoms with Crippen LogP contribution in [0.15, 0.2) is 23.2 Å². The number of rotatable bonds is 9. The number of nitrogens with zero attached hydrogens (tertiary/aromatic N) is 3. The third-order valence-corrected chi connectivity index (χ3v) is 5.75. The molecule has 1 aliphatic rings. The number of nitrogens with one attached hydrogen (secondary N) is 2. The molecule has 1 saturated heterocycles. The van der Waals surface area contributed by atoms with Crippen LogP contribution in [0.25, 0.3) is 0 Å². The number of piperidine rings is 1. The summed E-state index contributed by atoms with van der Waals surface area (Å²) in [6.45, 7) is 12.9. The van der Waals surface area contributed by atoms with Gasteiger partial charge < -0.3 is 25.0 Å². The Morgan fingerprint density at radius 3 is 2.06 bits per heavy atom. The van der Waals surface area contributed by atoms with Gasteiger partial charge in [-0.15, -0.1) is 24.0 Å². The Morgan fingerprint density at radius 1 is 1.06 bits per heavy atom. The number of hydrogen-bond acceptors (Lipinski definition) is 5. The molecule has 1 aliphatic heterocycles. The van der Waals surface area contributed by atoms with E-state index in [0.29, 0.717) is 18.1 Å². The molecule has 1 heterocycles. The van der Waals surface area contributed by atoms with Crippen molar-refractivity contribution >= 4 is 35.6 Å². The smallest absolute Gasteiger partial charge is 0.191 e. The van der Waals surface area contributed by atoms with Crippen molar-refractivity contribution in [1.29, 1.82) is 0 Å². The molecule has 1 aromatic rings. The van der Waals surface area contributed by atoms with E-state index in [1.165, 1.54) is 0 Å². The third kappa shape index (κ3) is 8.56. The lowest BCUT2D eigenvalue weighted by atomic mass is 10.0. The highest BCUT2D eigenvalue weighted by molar-refractivity contribution is 14.0. The normalized spacial score (nSPS) is 15.3. The summed E-state index contributed by atoms with van der Waals surface area (Å²) >= 11 is 0. The van der Waals surface area contributed by atoms with Crippen LogP contribution in [0.2, 0.25) is 0 Å². The van der Waals surface area contributed by atoms with Crippen molar-refractivity contribution in [3.8, 4) is 11.5 Å². The molecule has 2 rings (SSSR count). The molecule has 7 nitrogen and oxygen atoms in total. The van der Waals surface area contributed by atoms with Gasteiger partial charge in [-0.05, 0) is 40.5 Å². The molecule has 1 fully saturated rings. The van der Waals surface area contributed by atoms with Crippen molar-refractivity contribution in [3.63, 3.8) is 0 Å². The van der Waals surface area contributed by atoms with Crippen molar-refractivity contribution in [1.82, 2.24) is 15.5 Å². The van der Waals surface area contributed by atoms with Crippen LogP contribution in [0.3, 0.4) is 0 Å². The fourth-order valence-corrected chi connectivity index (χ4v) is 4.06. The highest BCUT2D eigenvalue weighted by Crippen LogP contribution is 2.30. The first-order valence-corrected chi connectivity index (χ1v) is 11.1. The van der Waals surface area contributed by atoms with Crippen LogP contribution in [0, 0.1) is 0 Å².